The van der Waals surface area contributed by atoms with Crippen LogP contribution < -0.4 is 10.1 Å². The molecule has 0 amide bonds. The van der Waals surface area contributed by atoms with Gasteiger partial charge in [0, 0.05) is 24.1 Å². The molecule has 3 heteroatoms. The molecule has 0 spiro atoms. The maximum atomic E-state index is 5.73. The molecule has 1 aromatic carbocycles. The standard InChI is InChI=1S/C15H23NO2/c1-4-17-14-8-6-5-7-13(14)15(16-3)12-9-10-18-11(12)2/h5-8,11-12,15-16H,4,9-10H2,1-3H3. The molecular weight excluding hydrogens is 226 g/mol. The first kappa shape index (κ1) is 13.4. The third-order valence-electron chi connectivity index (χ3n) is 3.73. The minimum absolute atomic E-state index is 0.297. The van der Waals surface area contributed by atoms with Crippen LogP contribution in [0, 0.1) is 5.92 Å². The lowest BCUT2D eigenvalue weighted by Gasteiger charge is -2.27. The Bertz CT molecular complexity index is 381. The van der Waals surface area contributed by atoms with Crippen molar-refractivity contribution in [3.63, 3.8) is 0 Å². The van der Waals surface area contributed by atoms with Gasteiger partial charge in [-0.2, -0.15) is 0 Å². The van der Waals surface area contributed by atoms with E-state index in [1.54, 1.807) is 0 Å². The summed E-state index contributed by atoms with van der Waals surface area (Å²) >= 11 is 0. The zero-order chi connectivity index (χ0) is 13.0. The number of benzene rings is 1. The molecule has 0 aromatic heterocycles. The average Bonchev–Trinajstić information content (AvgIpc) is 2.79. The SMILES string of the molecule is CCOc1ccccc1C(NC)C1CCOC1C. The fourth-order valence-corrected chi connectivity index (χ4v) is 2.81. The number of para-hydroxylation sites is 1. The number of ether oxygens (including phenoxy) is 2. The largest absolute Gasteiger partial charge is 0.494 e. The van der Waals surface area contributed by atoms with E-state index < -0.39 is 0 Å². The van der Waals surface area contributed by atoms with Gasteiger partial charge in [0.1, 0.15) is 5.75 Å². The molecule has 1 fully saturated rings. The molecule has 1 aromatic rings. The zero-order valence-corrected chi connectivity index (χ0v) is 11.5. The minimum Gasteiger partial charge on any atom is -0.494 e. The molecule has 1 saturated heterocycles. The van der Waals surface area contributed by atoms with Crippen LogP contribution in [0.4, 0.5) is 0 Å². The first-order chi connectivity index (χ1) is 8.77. The number of rotatable bonds is 5. The Labute approximate surface area is 109 Å². The minimum atomic E-state index is 0.297. The van der Waals surface area contributed by atoms with Crippen LogP contribution in [0.3, 0.4) is 0 Å². The van der Waals surface area contributed by atoms with Crippen molar-refractivity contribution in [1.29, 1.82) is 0 Å². The van der Waals surface area contributed by atoms with Crippen LogP contribution >= 0.6 is 0 Å². The lowest BCUT2D eigenvalue weighted by atomic mass is 9.88. The summed E-state index contributed by atoms with van der Waals surface area (Å²) < 4.78 is 11.4. The maximum absolute atomic E-state index is 5.73. The van der Waals surface area contributed by atoms with Gasteiger partial charge in [0.05, 0.1) is 12.7 Å². The van der Waals surface area contributed by atoms with Gasteiger partial charge in [0.25, 0.3) is 0 Å². The average molecular weight is 249 g/mol. The Morgan fingerprint density at radius 2 is 2.22 bits per heavy atom. The molecule has 1 aliphatic rings. The van der Waals surface area contributed by atoms with Crippen LogP contribution in [0.1, 0.15) is 31.9 Å². The monoisotopic (exact) mass is 249 g/mol. The van der Waals surface area contributed by atoms with Crippen molar-refractivity contribution in [3.05, 3.63) is 29.8 Å². The second-order valence-electron chi connectivity index (χ2n) is 4.77. The van der Waals surface area contributed by atoms with E-state index in [1.807, 2.05) is 26.1 Å². The van der Waals surface area contributed by atoms with E-state index in [1.165, 1.54) is 5.56 Å². The van der Waals surface area contributed by atoms with E-state index in [4.69, 9.17) is 9.47 Å². The summed E-state index contributed by atoms with van der Waals surface area (Å²) in [7, 11) is 2.01. The molecule has 0 aliphatic carbocycles. The van der Waals surface area contributed by atoms with Gasteiger partial charge in [0.2, 0.25) is 0 Å². The summed E-state index contributed by atoms with van der Waals surface area (Å²) in [6.45, 7) is 5.74. The predicted octanol–water partition coefficient (Wildman–Crippen LogP) is 2.77. The summed E-state index contributed by atoms with van der Waals surface area (Å²) in [5.41, 5.74) is 1.24. The van der Waals surface area contributed by atoms with E-state index in [0.717, 1.165) is 18.8 Å². The summed E-state index contributed by atoms with van der Waals surface area (Å²) in [5, 5.41) is 3.43. The number of hydrogen-bond donors (Lipinski definition) is 1. The Kier molecular flexibility index (Phi) is 4.61. The molecule has 1 N–H and O–H groups in total. The van der Waals surface area contributed by atoms with Crippen LogP contribution in [0.15, 0.2) is 24.3 Å². The van der Waals surface area contributed by atoms with Gasteiger partial charge < -0.3 is 14.8 Å². The Morgan fingerprint density at radius 1 is 1.44 bits per heavy atom. The van der Waals surface area contributed by atoms with Crippen molar-refractivity contribution < 1.29 is 9.47 Å². The highest BCUT2D eigenvalue weighted by Crippen LogP contribution is 2.36. The first-order valence-electron chi connectivity index (χ1n) is 6.78. The predicted molar refractivity (Wildman–Crippen MR) is 72.9 cm³/mol. The van der Waals surface area contributed by atoms with Gasteiger partial charge in [-0.15, -0.1) is 0 Å². The second-order valence-corrected chi connectivity index (χ2v) is 4.77. The highest BCUT2D eigenvalue weighted by atomic mass is 16.5. The molecule has 1 heterocycles. The van der Waals surface area contributed by atoms with Crippen LogP contribution in [-0.4, -0.2) is 26.4 Å². The molecule has 18 heavy (non-hydrogen) atoms. The Morgan fingerprint density at radius 3 is 2.83 bits per heavy atom. The molecule has 100 valence electrons. The maximum Gasteiger partial charge on any atom is 0.124 e. The van der Waals surface area contributed by atoms with E-state index in [9.17, 15) is 0 Å². The van der Waals surface area contributed by atoms with E-state index in [2.05, 4.69) is 24.4 Å². The van der Waals surface area contributed by atoms with E-state index in [0.29, 0.717) is 24.7 Å². The normalized spacial score (nSPS) is 25.1. The summed E-state index contributed by atoms with van der Waals surface area (Å²) in [6.07, 6.45) is 1.41. The lowest BCUT2D eigenvalue weighted by Crippen LogP contribution is -2.29. The summed E-state index contributed by atoms with van der Waals surface area (Å²) in [6, 6.07) is 8.59. The van der Waals surface area contributed by atoms with Crippen molar-refractivity contribution in [2.24, 2.45) is 5.92 Å². The van der Waals surface area contributed by atoms with Gasteiger partial charge >= 0.3 is 0 Å². The molecule has 3 nitrogen and oxygen atoms in total. The molecule has 0 radical (unpaired) electrons. The van der Waals surface area contributed by atoms with Crippen molar-refractivity contribution >= 4 is 0 Å². The van der Waals surface area contributed by atoms with Gasteiger partial charge in [-0.05, 0) is 33.4 Å². The quantitative estimate of drug-likeness (QED) is 0.870. The number of hydrogen-bond acceptors (Lipinski definition) is 3. The Hall–Kier alpha value is -1.06. The van der Waals surface area contributed by atoms with Crippen LogP contribution in [0.25, 0.3) is 0 Å². The van der Waals surface area contributed by atoms with Gasteiger partial charge in [-0.1, -0.05) is 18.2 Å². The zero-order valence-electron chi connectivity index (χ0n) is 11.5. The summed E-state index contributed by atoms with van der Waals surface area (Å²) in [5.74, 6) is 1.50. The number of nitrogens with one attached hydrogen (secondary N) is 1. The topological polar surface area (TPSA) is 30.5 Å². The second kappa shape index (κ2) is 6.21. The fourth-order valence-electron chi connectivity index (χ4n) is 2.81. The fraction of sp³-hybridized carbons (Fsp3) is 0.600. The van der Waals surface area contributed by atoms with Crippen LogP contribution in [0.5, 0.6) is 5.75 Å². The first-order valence-corrected chi connectivity index (χ1v) is 6.78. The molecule has 3 atom stereocenters. The third-order valence-corrected chi connectivity index (χ3v) is 3.73. The van der Waals surface area contributed by atoms with Crippen molar-refractivity contribution in [1.82, 2.24) is 5.32 Å². The highest BCUT2D eigenvalue weighted by molar-refractivity contribution is 5.36. The van der Waals surface area contributed by atoms with Gasteiger partial charge in [-0.25, -0.2) is 0 Å². The summed E-state index contributed by atoms with van der Waals surface area (Å²) in [4.78, 5) is 0. The molecule has 0 saturated carbocycles. The molecule has 1 aliphatic heterocycles. The van der Waals surface area contributed by atoms with Crippen molar-refractivity contribution in [3.8, 4) is 5.75 Å². The van der Waals surface area contributed by atoms with Gasteiger partial charge in [0.15, 0.2) is 0 Å². The smallest absolute Gasteiger partial charge is 0.124 e. The molecule has 3 unspecified atom stereocenters. The van der Waals surface area contributed by atoms with E-state index >= 15 is 0 Å². The van der Waals surface area contributed by atoms with Gasteiger partial charge in [-0.3, -0.25) is 0 Å². The lowest BCUT2D eigenvalue weighted by molar-refractivity contribution is 0.0959. The molecule has 0 bridgehead atoms. The Balaban J connectivity index is 2.26. The van der Waals surface area contributed by atoms with Crippen LogP contribution in [-0.2, 0) is 4.74 Å². The van der Waals surface area contributed by atoms with Crippen LogP contribution in [0.2, 0.25) is 0 Å². The molecule has 2 rings (SSSR count). The van der Waals surface area contributed by atoms with E-state index in [-0.39, 0.29) is 0 Å². The molecular formula is C15H23NO2. The van der Waals surface area contributed by atoms with Crippen molar-refractivity contribution in [2.45, 2.75) is 32.4 Å². The van der Waals surface area contributed by atoms with Crippen molar-refractivity contribution in [2.75, 3.05) is 20.3 Å². The third kappa shape index (κ3) is 2.68. The highest BCUT2D eigenvalue weighted by Gasteiger charge is 2.33.